The van der Waals surface area contributed by atoms with Crippen molar-refractivity contribution in [2.45, 2.75) is 24.8 Å². The summed E-state index contributed by atoms with van der Waals surface area (Å²) < 4.78 is 26.3. The maximum absolute atomic E-state index is 12.2. The SMILES string of the molecule is Cc1ccc(S(=O)(=O)CCC(=O)NCc2nnc3ccccn23)cc1. The number of amides is 1. The molecule has 1 amide bonds. The number of hydrogen-bond acceptors (Lipinski definition) is 5. The quantitative estimate of drug-likeness (QED) is 0.721. The number of aryl methyl sites for hydroxylation is 1. The van der Waals surface area contributed by atoms with Gasteiger partial charge in [0.2, 0.25) is 5.91 Å². The predicted octanol–water partition coefficient (Wildman–Crippen LogP) is 1.52. The Morgan fingerprint density at radius 1 is 1.12 bits per heavy atom. The summed E-state index contributed by atoms with van der Waals surface area (Å²) in [6.07, 6.45) is 1.70. The van der Waals surface area contributed by atoms with E-state index in [1.165, 1.54) is 0 Å². The number of hydrogen-bond donors (Lipinski definition) is 1. The Bertz CT molecular complexity index is 994. The van der Waals surface area contributed by atoms with Crippen LogP contribution in [-0.2, 0) is 21.2 Å². The van der Waals surface area contributed by atoms with Gasteiger partial charge in [-0.2, -0.15) is 0 Å². The molecule has 2 heterocycles. The molecule has 7 nitrogen and oxygen atoms in total. The number of pyridine rings is 1. The van der Waals surface area contributed by atoms with Crippen molar-refractivity contribution in [3.63, 3.8) is 0 Å². The van der Waals surface area contributed by atoms with E-state index in [-0.39, 0.29) is 29.5 Å². The molecular weight excluding hydrogens is 340 g/mol. The van der Waals surface area contributed by atoms with Crippen LogP contribution < -0.4 is 5.32 Å². The maximum Gasteiger partial charge on any atom is 0.221 e. The maximum atomic E-state index is 12.2. The summed E-state index contributed by atoms with van der Waals surface area (Å²) >= 11 is 0. The highest BCUT2D eigenvalue weighted by atomic mass is 32.2. The largest absolute Gasteiger partial charge is 0.349 e. The first-order chi connectivity index (χ1) is 12.0. The van der Waals surface area contributed by atoms with E-state index in [1.54, 1.807) is 34.9 Å². The van der Waals surface area contributed by atoms with Crippen molar-refractivity contribution < 1.29 is 13.2 Å². The average molecular weight is 358 g/mol. The Balaban J connectivity index is 1.57. The van der Waals surface area contributed by atoms with E-state index in [4.69, 9.17) is 0 Å². The lowest BCUT2D eigenvalue weighted by Gasteiger charge is -2.06. The second kappa shape index (κ2) is 7.02. The number of carbonyl (C=O) groups excluding carboxylic acids is 1. The molecule has 3 rings (SSSR count). The van der Waals surface area contributed by atoms with Gasteiger partial charge in [-0.1, -0.05) is 23.8 Å². The topological polar surface area (TPSA) is 93.4 Å². The third kappa shape index (κ3) is 4.03. The molecule has 1 aromatic carbocycles. The average Bonchev–Trinajstić information content (AvgIpc) is 3.02. The molecule has 0 radical (unpaired) electrons. The van der Waals surface area contributed by atoms with Crippen LogP contribution in [0, 0.1) is 6.92 Å². The van der Waals surface area contributed by atoms with Crippen LogP contribution in [0.25, 0.3) is 5.65 Å². The van der Waals surface area contributed by atoms with Crippen LogP contribution in [0.3, 0.4) is 0 Å². The molecule has 3 aromatic rings. The summed E-state index contributed by atoms with van der Waals surface area (Å²) in [5.74, 6) is 0.0105. The van der Waals surface area contributed by atoms with Gasteiger partial charge >= 0.3 is 0 Å². The van der Waals surface area contributed by atoms with E-state index < -0.39 is 9.84 Å². The monoisotopic (exact) mass is 358 g/mol. The zero-order valence-electron chi connectivity index (χ0n) is 13.7. The molecule has 2 aromatic heterocycles. The summed E-state index contributed by atoms with van der Waals surface area (Å²) in [5, 5.41) is 10.7. The highest BCUT2D eigenvalue weighted by Crippen LogP contribution is 2.13. The lowest BCUT2D eigenvalue weighted by Crippen LogP contribution is -2.26. The van der Waals surface area contributed by atoms with Crippen molar-refractivity contribution >= 4 is 21.4 Å². The molecule has 0 atom stereocenters. The third-order valence-electron chi connectivity index (χ3n) is 3.81. The molecule has 0 bridgehead atoms. The molecule has 0 fully saturated rings. The number of sulfone groups is 1. The first-order valence-corrected chi connectivity index (χ1v) is 9.46. The highest BCUT2D eigenvalue weighted by Gasteiger charge is 2.16. The number of aromatic nitrogens is 3. The standard InChI is InChI=1S/C17H18N4O3S/c1-13-5-7-14(8-6-13)25(23,24)11-9-17(22)18-12-16-20-19-15-4-2-3-10-21(15)16/h2-8,10H,9,11-12H2,1H3,(H,18,22). The minimum Gasteiger partial charge on any atom is -0.349 e. The van der Waals surface area contributed by atoms with Gasteiger partial charge in [0.1, 0.15) is 0 Å². The van der Waals surface area contributed by atoms with Crippen LogP contribution in [0.2, 0.25) is 0 Å². The molecule has 1 N–H and O–H groups in total. The second-order valence-electron chi connectivity index (χ2n) is 5.70. The van der Waals surface area contributed by atoms with E-state index in [1.807, 2.05) is 25.1 Å². The van der Waals surface area contributed by atoms with E-state index >= 15 is 0 Å². The molecule has 0 unspecified atom stereocenters. The Hall–Kier alpha value is -2.74. The first kappa shape index (κ1) is 17.1. The van der Waals surface area contributed by atoms with Gasteiger partial charge in [-0.15, -0.1) is 10.2 Å². The van der Waals surface area contributed by atoms with E-state index in [0.29, 0.717) is 11.5 Å². The van der Waals surface area contributed by atoms with Gasteiger partial charge in [-0.05, 0) is 31.2 Å². The molecule has 0 spiro atoms. The minimum atomic E-state index is -3.47. The van der Waals surface area contributed by atoms with Gasteiger partial charge in [0, 0.05) is 12.6 Å². The Morgan fingerprint density at radius 3 is 2.64 bits per heavy atom. The van der Waals surface area contributed by atoms with Crippen LogP contribution in [0.15, 0.2) is 53.6 Å². The van der Waals surface area contributed by atoms with E-state index in [2.05, 4.69) is 15.5 Å². The molecule has 0 saturated carbocycles. The Morgan fingerprint density at radius 2 is 1.88 bits per heavy atom. The number of nitrogens with zero attached hydrogens (tertiary/aromatic N) is 3. The fraction of sp³-hybridized carbons (Fsp3) is 0.235. The van der Waals surface area contributed by atoms with Crippen LogP contribution in [0.5, 0.6) is 0 Å². The van der Waals surface area contributed by atoms with Crippen molar-refractivity contribution in [3.8, 4) is 0 Å². The summed E-state index contributed by atoms with van der Waals surface area (Å²) in [4.78, 5) is 12.2. The van der Waals surface area contributed by atoms with Crippen molar-refractivity contribution in [2.24, 2.45) is 0 Å². The van der Waals surface area contributed by atoms with Gasteiger partial charge < -0.3 is 5.32 Å². The summed E-state index contributed by atoms with van der Waals surface area (Å²) in [7, 11) is -3.47. The Labute approximate surface area is 145 Å². The van der Waals surface area contributed by atoms with Gasteiger partial charge in [-0.25, -0.2) is 8.42 Å². The fourth-order valence-corrected chi connectivity index (χ4v) is 3.61. The van der Waals surface area contributed by atoms with E-state index in [0.717, 1.165) is 5.56 Å². The van der Waals surface area contributed by atoms with Gasteiger partial charge in [0.05, 0.1) is 17.2 Å². The number of nitrogens with one attached hydrogen (secondary N) is 1. The van der Waals surface area contributed by atoms with Crippen LogP contribution in [0.1, 0.15) is 17.8 Å². The molecule has 0 aliphatic rings. The normalized spacial score (nSPS) is 11.6. The van der Waals surface area contributed by atoms with Crippen LogP contribution >= 0.6 is 0 Å². The Kier molecular flexibility index (Phi) is 4.80. The number of carbonyl (C=O) groups is 1. The van der Waals surface area contributed by atoms with Crippen molar-refractivity contribution in [1.29, 1.82) is 0 Å². The summed E-state index contributed by atoms with van der Waals surface area (Å²) in [6, 6.07) is 12.1. The third-order valence-corrected chi connectivity index (χ3v) is 5.54. The van der Waals surface area contributed by atoms with Gasteiger partial charge in [-0.3, -0.25) is 9.20 Å². The zero-order valence-corrected chi connectivity index (χ0v) is 14.5. The summed E-state index contributed by atoms with van der Waals surface area (Å²) in [5.41, 5.74) is 1.67. The smallest absolute Gasteiger partial charge is 0.221 e. The lowest BCUT2D eigenvalue weighted by atomic mass is 10.2. The molecule has 130 valence electrons. The molecule has 0 aliphatic carbocycles. The fourth-order valence-electron chi connectivity index (χ4n) is 2.37. The number of fused-ring (bicyclic) bond motifs is 1. The minimum absolute atomic E-state index is 0.104. The van der Waals surface area contributed by atoms with Crippen molar-refractivity contribution in [3.05, 3.63) is 60.0 Å². The number of rotatable bonds is 6. The van der Waals surface area contributed by atoms with Gasteiger partial charge in [0.15, 0.2) is 21.3 Å². The second-order valence-corrected chi connectivity index (χ2v) is 7.81. The van der Waals surface area contributed by atoms with Crippen molar-refractivity contribution in [1.82, 2.24) is 19.9 Å². The molecule has 0 saturated heterocycles. The zero-order chi connectivity index (χ0) is 17.9. The number of benzene rings is 1. The molecular formula is C17H18N4O3S. The lowest BCUT2D eigenvalue weighted by molar-refractivity contribution is -0.120. The summed E-state index contributed by atoms with van der Waals surface area (Å²) in [6.45, 7) is 2.08. The predicted molar refractivity (Wildman–Crippen MR) is 92.7 cm³/mol. The van der Waals surface area contributed by atoms with Crippen LogP contribution in [0.4, 0.5) is 0 Å². The van der Waals surface area contributed by atoms with Gasteiger partial charge in [0.25, 0.3) is 0 Å². The molecule has 0 aliphatic heterocycles. The van der Waals surface area contributed by atoms with Crippen LogP contribution in [-0.4, -0.2) is 34.7 Å². The molecule has 8 heteroatoms. The molecule has 25 heavy (non-hydrogen) atoms. The highest BCUT2D eigenvalue weighted by molar-refractivity contribution is 7.91. The van der Waals surface area contributed by atoms with Crippen molar-refractivity contribution in [2.75, 3.05) is 5.75 Å². The first-order valence-electron chi connectivity index (χ1n) is 7.80. The van der Waals surface area contributed by atoms with E-state index in [9.17, 15) is 13.2 Å².